The van der Waals surface area contributed by atoms with Crippen molar-refractivity contribution in [1.82, 2.24) is 10.3 Å². The lowest BCUT2D eigenvalue weighted by Crippen LogP contribution is -2.46. The second-order valence-corrected chi connectivity index (χ2v) is 5.53. The molecule has 0 radical (unpaired) electrons. The number of benzene rings is 1. The van der Waals surface area contributed by atoms with Crippen molar-refractivity contribution in [2.24, 2.45) is 0 Å². The summed E-state index contributed by atoms with van der Waals surface area (Å²) in [5, 5.41) is 5.87. The van der Waals surface area contributed by atoms with Crippen LogP contribution in [0.1, 0.15) is 19.8 Å². The van der Waals surface area contributed by atoms with E-state index in [9.17, 15) is 0 Å². The number of nitrogens with one attached hydrogen (secondary N) is 1. The predicted octanol–water partition coefficient (Wildman–Crippen LogP) is 2.82. The standard InChI is InChI=1S/C17H23N3O/c1-3-18-13-6-5-11-20(12-13)17-15-7-4-8-16(21-2)14(15)9-10-19-17/h4,7-10,13,18H,3,5-6,11-12H2,1-2H3. The van der Waals surface area contributed by atoms with Gasteiger partial charge in [0.15, 0.2) is 0 Å². The van der Waals surface area contributed by atoms with Crippen LogP contribution in [0.4, 0.5) is 5.82 Å². The van der Waals surface area contributed by atoms with Crippen LogP contribution in [0.2, 0.25) is 0 Å². The van der Waals surface area contributed by atoms with E-state index < -0.39 is 0 Å². The smallest absolute Gasteiger partial charge is 0.136 e. The van der Waals surface area contributed by atoms with E-state index in [4.69, 9.17) is 4.74 Å². The van der Waals surface area contributed by atoms with Gasteiger partial charge in [-0.1, -0.05) is 19.1 Å². The summed E-state index contributed by atoms with van der Waals surface area (Å²) in [6, 6.07) is 8.77. The van der Waals surface area contributed by atoms with E-state index in [1.165, 1.54) is 18.2 Å². The molecule has 1 N–H and O–H groups in total. The number of fused-ring (bicyclic) bond motifs is 1. The third-order valence-corrected chi connectivity index (χ3v) is 4.18. The number of rotatable bonds is 4. The maximum Gasteiger partial charge on any atom is 0.136 e. The Balaban J connectivity index is 1.96. The van der Waals surface area contributed by atoms with Crippen LogP contribution in [-0.4, -0.2) is 37.8 Å². The molecule has 0 spiro atoms. The van der Waals surface area contributed by atoms with Crippen LogP contribution in [0.15, 0.2) is 30.5 Å². The molecule has 0 bridgehead atoms. The Hall–Kier alpha value is -1.81. The molecule has 4 nitrogen and oxygen atoms in total. The van der Waals surface area contributed by atoms with Crippen LogP contribution in [0.3, 0.4) is 0 Å². The van der Waals surface area contributed by atoms with Crippen molar-refractivity contribution in [2.75, 3.05) is 31.6 Å². The summed E-state index contributed by atoms with van der Waals surface area (Å²) in [4.78, 5) is 7.04. The third kappa shape index (κ3) is 2.81. The molecule has 2 heterocycles. The molecule has 3 rings (SSSR count). The Bertz CT molecular complexity index is 612. The highest BCUT2D eigenvalue weighted by molar-refractivity contribution is 5.96. The first-order chi connectivity index (χ1) is 10.3. The van der Waals surface area contributed by atoms with Gasteiger partial charge in [0.05, 0.1) is 7.11 Å². The highest BCUT2D eigenvalue weighted by Gasteiger charge is 2.21. The quantitative estimate of drug-likeness (QED) is 0.937. The Morgan fingerprint density at radius 2 is 2.24 bits per heavy atom. The van der Waals surface area contributed by atoms with Gasteiger partial charge in [0, 0.05) is 36.1 Å². The van der Waals surface area contributed by atoms with E-state index in [2.05, 4.69) is 28.2 Å². The largest absolute Gasteiger partial charge is 0.496 e. The zero-order chi connectivity index (χ0) is 14.7. The monoisotopic (exact) mass is 285 g/mol. The van der Waals surface area contributed by atoms with Crippen LogP contribution >= 0.6 is 0 Å². The fraction of sp³-hybridized carbons (Fsp3) is 0.471. The van der Waals surface area contributed by atoms with Gasteiger partial charge in [0.25, 0.3) is 0 Å². The summed E-state index contributed by atoms with van der Waals surface area (Å²) in [5.74, 6) is 1.99. The lowest BCUT2D eigenvalue weighted by atomic mass is 10.0. The van der Waals surface area contributed by atoms with Crippen molar-refractivity contribution in [2.45, 2.75) is 25.8 Å². The molecule has 0 aliphatic carbocycles. The molecular formula is C17H23N3O. The molecule has 2 aromatic rings. The molecule has 1 aromatic carbocycles. The maximum atomic E-state index is 5.47. The number of pyridine rings is 1. The van der Waals surface area contributed by atoms with Crippen molar-refractivity contribution in [1.29, 1.82) is 0 Å². The van der Waals surface area contributed by atoms with Crippen molar-refractivity contribution >= 4 is 16.6 Å². The zero-order valence-electron chi connectivity index (χ0n) is 12.8. The summed E-state index contributed by atoms with van der Waals surface area (Å²) >= 11 is 0. The number of aromatic nitrogens is 1. The summed E-state index contributed by atoms with van der Waals surface area (Å²) in [5.41, 5.74) is 0. The minimum Gasteiger partial charge on any atom is -0.496 e. The van der Waals surface area contributed by atoms with Crippen LogP contribution in [0.25, 0.3) is 10.8 Å². The molecule has 1 aliphatic rings. The van der Waals surface area contributed by atoms with Crippen molar-refractivity contribution in [3.63, 3.8) is 0 Å². The second kappa shape index (κ2) is 6.31. The molecule has 1 aromatic heterocycles. The van der Waals surface area contributed by atoms with Crippen LogP contribution in [0, 0.1) is 0 Å². The molecule has 1 atom stereocenters. The summed E-state index contributed by atoms with van der Waals surface area (Å²) in [6.45, 7) is 5.29. The van der Waals surface area contributed by atoms with E-state index in [-0.39, 0.29) is 0 Å². The average molecular weight is 285 g/mol. The van der Waals surface area contributed by atoms with Crippen molar-refractivity contribution in [3.05, 3.63) is 30.5 Å². The van der Waals surface area contributed by atoms with E-state index in [1.807, 2.05) is 24.4 Å². The van der Waals surface area contributed by atoms with Gasteiger partial charge in [-0.25, -0.2) is 4.98 Å². The highest BCUT2D eigenvalue weighted by Crippen LogP contribution is 2.32. The molecule has 112 valence electrons. The minimum absolute atomic E-state index is 0.561. The van der Waals surface area contributed by atoms with Crippen LogP contribution in [-0.2, 0) is 0 Å². The number of likely N-dealkylation sites (N-methyl/N-ethyl adjacent to an activating group) is 1. The second-order valence-electron chi connectivity index (χ2n) is 5.53. The van der Waals surface area contributed by atoms with Crippen molar-refractivity contribution in [3.8, 4) is 5.75 Å². The van der Waals surface area contributed by atoms with Crippen LogP contribution in [0.5, 0.6) is 5.75 Å². The van der Waals surface area contributed by atoms with E-state index in [1.54, 1.807) is 7.11 Å². The predicted molar refractivity (Wildman–Crippen MR) is 87.2 cm³/mol. The van der Waals surface area contributed by atoms with Gasteiger partial charge in [0.2, 0.25) is 0 Å². The Kier molecular flexibility index (Phi) is 4.25. The zero-order valence-corrected chi connectivity index (χ0v) is 12.8. The van der Waals surface area contributed by atoms with Crippen molar-refractivity contribution < 1.29 is 4.74 Å². The fourth-order valence-electron chi connectivity index (χ4n) is 3.22. The van der Waals surface area contributed by atoms with Gasteiger partial charge >= 0.3 is 0 Å². The molecule has 0 amide bonds. The number of piperidine rings is 1. The van der Waals surface area contributed by atoms with Crippen LogP contribution < -0.4 is 15.0 Å². The van der Waals surface area contributed by atoms with E-state index >= 15 is 0 Å². The summed E-state index contributed by atoms with van der Waals surface area (Å²) in [6.07, 6.45) is 4.34. The average Bonchev–Trinajstić information content (AvgIpc) is 2.54. The number of ether oxygens (including phenoxy) is 1. The molecule has 21 heavy (non-hydrogen) atoms. The van der Waals surface area contributed by atoms with Gasteiger partial charge in [-0.15, -0.1) is 0 Å². The van der Waals surface area contributed by atoms with E-state index in [0.29, 0.717) is 6.04 Å². The maximum absolute atomic E-state index is 5.47. The van der Waals surface area contributed by atoms with Gasteiger partial charge < -0.3 is 15.0 Å². The fourth-order valence-corrected chi connectivity index (χ4v) is 3.22. The van der Waals surface area contributed by atoms with E-state index in [0.717, 1.165) is 36.6 Å². The number of methoxy groups -OCH3 is 1. The molecule has 0 saturated carbocycles. The lowest BCUT2D eigenvalue weighted by Gasteiger charge is -2.34. The Morgan fingerprint density at radius 1 is 1.33 bits per heavy atom. The molecule has 1 aliphatic heterocycles. The molecule has 1 saturated heterocycles. The molecular weight excluding hydrogens is 262 g/mol. The first-order valence-corrected chi connectivity index (χ1v) is 7.73. The first kappa shape index (κ1) is 14.1. The van der Waals surface area contributed by atoms with Gasteiger partial charge in [0.1, 0.15) is 11.6 Å². The van der Waals surface area contributed by atoms with Gasteiger partial charge in [-0.05, 0) is 31.5 Å². The number of nitrogens with zero attached hydrogens (tertiary/aromatic N) is 2. The topological polar surface area (TPSA) is 37.4 Å². The molecule has 4 heteroatoms. The summed E-state index contributed by atoms with van der Waals surface area (Å²) < 4.78 is 5.47. The Morgan fingerprint density at radius 3 is 3.05 bits per heavy atom. The Labute approximate surface area is 126 Å². The first-order valence-electron chi connectivity index (χ1n) is 7.73. The number of anilines is 1. The highest BCUT2D eigenvalue weighted by atomic mass is 16.5. The van der Waals surface area contributed by atoms with Gasteiger partial charge in [-0.2, -0.15) is 0 Å². The number of hydrogen-bond acceptors (Lipinski definition) is 4. The number of hydrogen-bond donors (Lipinski definition) is 1. The summed E-state index contributed by atoms with van der Waals surface area (Å²) in [7, 11) is 1.72. The minimum atomic E-state index is 0.561. The third-order valence-electron chi connectivity index (χ3n) is 4.18. The normalized spacial score (nSPS) is 19.0. The molecule has 1 fully saturated rings. The van der Waals surface area contributed by atoms with Gasteiger partial charge in [-0.3, -0.25) is 0 Å². The SMILES string of the molecule is CCNC1CCCN(c2nccc3c(OC)cccc23)C1. The lowest BCUT2D eigenvalue weighted by molar-refractivity contribution is 0.419. The molecule has 1 unspecified atom stereocenters.